The molecule has 2 heterocycles. The van der Waals surface area contributed by atoms with E-state index in [2.05, 4.69) is 15.4 Å². The summed E-state index contributed by atoms with van der Waals surface area (Å²) in [5.74, 6) is 1.15. The molecule has 0 bridgehead atoms. The molecular formula is C12H21ClN4O2. The Kier molecular flexibility index (Phi) is 6.27. The Morgan fingerprint density at radius 3 is 2.84 bits per heavy atom. The van der Waals surface area contributed by atoms with Crippen molar-refractivity contribution in [2.45, 2.75) is 32.2 Å². The molecular weight excluding hydrogens is 268 g/mol. The predicted molar refractivity (Wildman–Crippen MR) is 75.4 cm³/mol. The summed E-state index contributed by atoms with van der Waals surface area (Å²) in [6, 6.07) is 2.03. The number of hydrogen-bond acceptors (Lipinski definition) is 5. The van der Waals surface area contributed by atoms with E-state index < -0.39 is 0 Å². The molecule has 0 aliphatic carbocycles. The molecule has 108 valence electrons. The Hall–Kier alpha value is -1.11. The van der Waals surface area contributed by atoms with Crippen molar-refractivity contribution in [3.8, 4) is 0 Å². The first kappa shape index (κ1) is 15.9. The first-order valence-corrected chi connectivity index (χ1v) is 6.34. The Labute approximate surface area is 119 Å². The van der Waals surface area contributed by atoms with Gasteiger partial charge >= 0.3 is 0 Å². The third kappa shape index (κ3) is 5.18. The van der Waals surface area contributed by atoms with Crippen LogP contribution in [0.4, 0.5) is 5.82 Å². The minimum atomic E-state index is -0.0295. The second kappa shape index (κ2) is 7.47. The highest BCUT2D eigenvalue weighted by molar-refractivity contribution is 5.89. The normalized spacial score (nSPS) is 16.9. The van der Waals surface area contributed by atoms with Crippen LogP contribution in [0.2, 0.25) is 0 Å². The van der Waals surface area contributed by atoms with Gasteiger partial charge in [0.15, 0.2) is 5.82 Å². The lowest BCUT2D eigenvalue weighted by Gasteiger charge is -2.29. The van der Waals surface area contributed by atoms with Gasteiger partial charge in [-0.05, 0) is 32.9 Å². The number of aromatic nitrogens is 1. The largest absolute Gasteiger partial charge is 0.360 e. The second-order valence-corrected chi connectivity index (χ2v) is 4.80. The molecule has 1 aromatic heterocycles. The highest BCUT2D eigenvalue weighted by atomic mass is 35.5. The number of nitrogens with zero attached hydrogens (tertiary/aromatic N) is 2. The molecule has 1 saturated heterocycles. The van der Waals surface area contributed by atoms with E-state index in [0.717, 1.165) is 32.5 Å². The van der Waals surface area contributed by atoms with Gasteiger partial charge in [0.05, 0.1) is 0 Å². The molecule has 7 heteroatoms. The zero-order chi connectivity index (χ0) is 13.0. The number of nitrogens with two attached hydrogens (primary N) is 1. The van der Waals surface area contributed by atoms with Gasteiger partial charge in [0.1, 0.15) is 5.76 Å². The van der Waals surface area contributed by atoms with Crippen molar-refractivity contribution in [1.29, 1.82) is 0 Å². The Bertz CT molecular complexity index is 402. The predicted octanol–water partition coefficient (Wildman–Crippen LogP) is 1.16. The zero-order valence-corrected chi connectivity index (χ0v) is 11.9. The summed E-state index contributed by atoms with van der Waals surface area (Å²) in [7, 11) is 0. The van der Waals surface area contributed by atoms with Gasteiger partial charge in [0, 0.05) is 25.1 Å². The lowest BCUT2D eigenvalue weighted by molar-refractivity contribution is -0.116. The number of carbonyl (C=O) groups excluding carboxylic acids is 1. The van der Waals surface area contributed by atoms with E-state index in [1.54, 1.807) is 13.0 Å². The molecule has 1 aliphatic heterocycles. The summed E-state index contributed by atoms with van der Waals surface area (Å²) in [6.45, 7) is 4.53. The van der Waals surface area contributed by atoms with Gasteiger partial charge in [-0.25, -0.2) is 0 Å². The minimum absolute atomic E-state index is 0. The lowest BCUT2D eigenvalue weighted by atomic mass is 10.1. The van der Waals surface area contributed by atoms with Gasteiger partial charge in [-0.15, -0.1) is 12.4 Å². The Morgan fingerprint density at radius 2 is 2.26 bits per heavy atom. The fraction of sp³-hybridized carbons (Fsp3) is 0.667. The molecule has 3 N–H and O–H groups in total. The number of nitrogens with one attached hydrogen (secondary N) is 1. The summed E-state index contributed by atoms with van der Waals surface area (Å²) in [5.41, 5.74) is 5.83. The number of amides is 1. The molecule has 1 fully saturated rings. The van der Waals surface area contributed by atoms with Crippen LogP contribution in [0.15, 0.2) is 10.6 Å². The summed E-state index contributed by atoms with van der Waals surface area (Å²) in [6.07, 6.45) is 2.51. The smallest absolute Gasteiger partial charge is 0.226 e. The van der Waals surface area contributed by atoms with Crippen LogP contribution in [-0.2, 0) is 4.79 Å². The molecule has 1 aliphatic rings. The molecule has 0 spiro atoms. The molecule has 19 heavy (non-hydrogen) atoms. The third-order valence-corrected chi connectivity index (χ3v) is 3.18. The zero-order valence-electron chi connectivity index (χ0n) is 11.1. The maximum absolute atomic E-state index is 11.7. The van der Waals surface area contributed by atoms with Crippen LogP contribution in [0.3, 0.4) is 0 Å². The van der Waals surface area contributed by atoms with E-state index >= 15 is 0 Å². The van der Waals surface area contributed by atoms with Crippen molar-refractivity contribution in [2.75, 3.05) is 25.0 Å². The van der Waals surface area contributed by atoms with Crippen LogP contribution >= 0.6 is 12.4 Å². The first-order chi connectivity index (χ1) is 8.63. The van der Waals surface area contributed by atoms with Crippen molar-refractivity contribution in [1.82, 2.24) is 10.1 Å². The molecule has 0 radical (unpaired) electrons. The van der Waals surface area contributed by atoms with Gasteiger partial charge in [0.2, 0.25) is 5.91 Å². The molecule has 0 saturated carbocycles. The van der Waals surface area contributed by atoms with Crippen LogP contribution < -0.4 is 11.1 Å². The van der Waals surface area contributed by atoms with Gasteiger partial charge in [-0.1, -0.05) is 5.16 Å². The topological polar surface area (TPSA) is 84.4 Å². The fourth-order valence-electron chi connectivity index (χ4n) is 2.07. The van der Waals surface area contributed by atoms with E-state index in [1.807, 2.05) is 0 Å². The molecule has 1 amide bonds. The number of piperidine rings is 1. The summed E-state index contributed by atoms with van der Waals surface area (Å²) >= 11 is 0. The molecule has 1 aromatic rings. The van der Waals surface area contributed by atoms with E-state index in [-0.39, 0.29) is 18.3 Å². The standard InChI is InChI=1S/C12H20N4O2.ClH/c1-9-8-11(15-18-9)14-12(17)4-7-16-5-2-10(13)3-6-16;/h8,10H,2-7,13H2,1H3,(H,14,15,17);1H. The SMILES string of the molecule is Cc1cc(NC(=O)CCN2CCC(N)CC2)no1.Cl. The summed E-state index contributed by atoms with van der Waals surface area (Å²) in [4.78, 5) is 14.0. The van der Waals surface area contributed by atoms with Crippen LogP contribution in [0.1, 0.15) is 25.0 Å². The van der Waals surface area contributed by atoms with Gasteiger partial charge < -0.3 is 20.5 Å². The average molecular weight is 289 g/mol. The number of anilines is 1. The maximum atomic E-state index is 11.7. The van der Waals surface area contributed by atoms with Crippen molar-refractivity contribution in [2.24, 2.45) is 5.73 Å². The number of hydrogen-bond donors (Lipinski definition) is 2. The van der Waals surface area contributed by atoms with Gasteiger partial charge in [0.25, 0.3) is 0 Å². The monoisotopic (exact) mass is 288 g/mol. The van der Waals surface area contributed by atoms with Crippen LogP contribution in [0.5, 0.6) is 0 Å². The van der Waals surface area contributed by atoms with Crippen molar-refractivity contribution >= 4 is 24.1 Å². The van der Waals surface area contributed by atoms with E-state index in [9.17, 15) is 4.79 Å². The molecule has 6 nitrogen and oxygen atoms in total. The Balaban J connectivity index is 0.00000180. The van der Waals surface area contributed by atoms with Crippen molar-refractivity contribution < 1.29 is 9.32 Å². The second-order valence-electron chi connectivity index (χ2n) is 4.80. The number of likely N-dealkylation sites (tertiary alicyclic amines) is 1. The van der Waals surface area contributed by atoms with Gasteiger partial charge in [-0.3, -0.25) is 4.79 Å². The van der Waals surface area contributed by atoms with Crippen molar-refractivity contribution in [3.05, 3.63) is 11.8 Å². The number of carbonyl (C=O) groups is 1. The third-order valence-electron chi connectivity index (χ3n) is 3.18. The van der Waals surface area contributed by atoms with Gasteiger partial charge in [-0.2, -0.15) is 0 Å². The van der Waals surface area contributed by atoms with Crippen LogP contribution in [-0.4, -0.2) is 41.6 Å². The number of aryl methyl sites for hydroxylation is 1. The summed E-state index contributed by atoms with van der Waals surface area (Å²) in [5, 5.41) is 6.44. The minimum Gasteiger partial charge on any atom is -0.360 e. The van der Waals surface area contributed by atoms with Crippen LogP contribution in [0.25, 0.3) is 0 Å². The highest BCUT2D eigenvalue weighted by Crippen LogP contribution is 2.10. The quantitative estimate of drug-likeness (QED) is 0.868. The molecule has 0 atom stereocenters. The number of rotatable bonds is 4. The number of halogens is 1. The van der Waals surface area contributed by atoms with Crippen LogP contribution in [0, 0.1) is 6.92 Å². The van der Waals surface area contributed by atoms with E-state index in [0.29, 0.717) is 24.0 Å². The van der Waals surface area contributed by atoms with E-state index in [4.69, 9.17) is 10.3 Å². The molecule has 2 rings (SSSR count). The Morgan fingerprint density at radius 1 is 1.58 bits per heavy atom. The highest BCUT2D eigenvalue weighted by Gasteiger charge is 2.16. The fourth-order valence-corrected chi connectivity index (χ4v) is 2.07. The summed E-state index contributed by atoms with van der Waals surface area (Å²) < 4.78 is 4.88. The van der Waals surface area contributed by atoms with E-state index in [1.165, 1.54) is 0 Å². The lowest BCUT2D eigenvalue weighted by Crippen LogP contribution is -2.40. The average Bonchev–Trinajstić information content (AvgIpc) is 2.74. The first-order valence-electron chi connectivity index (χ1n) is 6.34. The van der Waals surface area contributed by atoms with Crippen molar-refractivity contribution in [3.63, 3.8) is 0 Å². The maximum Gasteiger partial charge on any atom is 0.226 e. The molecule has 0 aromatic carbocycles. The molecule has 0 unspecified atom stereocenters.